The molecule has 0 aliphatic heterocycles. The molecule has 1 amide bonds. The molecule has 4 aromatic carbocycles. The smallest absolute Gasteiger partial charge is 0.262 e. The van der Waals surface area contributed by atoms with E-state index in [1.165, 1.54) is 0 Å². The van der Waals surface area contributed by atoms with Crippen LogP contribution in [0.2, 0.25) is 0 Å². The molecule has 0 fully saturated rings. The molecule has 0 unspecified atom stereocenters. The highest BCUT2D eigenvalue weighted by atomic mass is 16.5. The summed E-state index contributed by atoms with van der Waals surface area (Å²) >= 11 is 0. The number of rotatable bonds is 5. The highest BCUT2D eigenvalue weighted by Crippen LogP contribution is 2.33. The Balaban J connectivity index is 1.52. The number of ether oxygens (including phenoxy) is 1. The summed E-state index contributed by atoms with van der Waals surface area (Å²) in [7, 11) is 0. The molecule has 4 aromatic rings. The summed E-state index contributed by atoms with van der Waals surface area (Å²) in [4.78, 5) is 12.5. The Labute approximate surface area is 163 Å². The standard InChI is InChI=1S/C24H19NO3/c26-21-15-14-18-10-4-5-12-20(18)24(21)25-23(27)16-28-22-13-7-6-11-19(22)17-8-2-1-3-9-17/h1-15,26H,16H2,(H,25,27). The first-order chi connectivity index (χ1) is 13.7. The molecule has 0 aliphatic carbocycles. The first kappa shape index (κ1) is 17.6. The zero-order chi connectivity index (χ0) is 19.3. The zero-order valence-electron chi connectivity index (χ0n) is 15.1. The molecule has 2 N–H and O–H groups in total. The van der Waals surface area contributed by atoms with Crippen molar-refractivity contribution in [1.82, 2.24) is 0 Å². The number of fused-ring (bicyclic) bond motifs is 1. The van der Waals surface area contributed by atoms with Gasteiger partial charge in [-0.05, 0) is 23.1 Å². The summed E-state index contributed by atoms with van der Waals surface area (Å²) in [6.07, 6.45) is 0. The molecule has 0 aromatic heterocycles. The fourth-order valence-electron chi connectivity index (χ4n) is 3.16. The second-order valence-electron chi connectivity index (χ2n) is 6.38. The Bertz CT molecular complexity index is 1120. The lowest BCUT2D eigenvalue weighted by Gasteiger charge is -2.13. The van der Waals surface area contributed by atoms with Crippen molar-refractivity contribution >= 4 is 22.4 Å². The quantitative estimate of drug-likeness (QED) is 0.474. The second kappa shape index (κ2) is 7.84. The van der Waals surface area contributed by atoms with E-state index in [0.717, 1.165) is 21.9 Å². The molecule has 4 heteroatoms. The van der Waals surface area contributed by atoms with Crippen LogP contribution in [-0.2, 0) is 4.79 Å². The zero-order valence-corrected chi connectivity index (χ0v) is 15.1. The van der Waals surface area contributed by atoms with E-state index in [1.54, 1.807) is 6.07 Å². The molecule has 0 radical (unpaired) electrons. The highest BCUT2D eigenvalue weighted by Gasteiger charge is 2.12. The summed E-state index contributed by atoms with van der Waals surface area (Å²) in [5.74, 6) is 0.317. The number of hydrogen-bond donors (Lipinski definition) is 2. The maximum atomic E-state index is 12.5. The number of nitrogens with one attached hydrogen (secondary N) is 1. The van der Waals surface area contributed by atoms with Gasteiger partial charge in [0.2, 0.25) is 0 Å². The number of amides is 1. The van der Waals surface area contributed by atoms with Crippen LogP contribution in [0.15, 0.2) is 91.0 Å². The van der Waals surface area contributed by atoms with Gasteiger partial charge in [-0.15, -0.1) is 0 Å². The van der Waals surface area contributed by atoms with E-state index in [0.29, 0.717) is 11.4 Å². The molecule has 0 spiro atoms. The van der Waals surface area contributed by atoms with Gasteiger partial charge in [-0.25, -0.2) is 0 Å². The van der Waals surface area contributed by atoms with E-state index in [4.69, 9.17) is 4.74 Å². The second-order valence-corrected chi connectivity index (χ2v) is 6.38. The van der Waals surface area contributed by atoms with Crippen molar-refractivity contribution in [3.63, 3.8) is 0 Å². The third kappa shape index (κ3) is 3.67. The molecule has 28 heavy (non-hydrogen) atoms. The largest absolute Gasteiger partial charge is 0.506 e. The van der Waals surface area contributed by atoms with Crippen molar-refractivity contribution in [2.24, 2.45) is 0 Å². The Hall–Kier alpha value is -3.79. The third-order valence-corrected chi connectivity index (χ3v) is 4.50. The van der Waals surface area contributed by atoms with Gasteiger partial charge < -0.3 is 15.2 Å². The summed E-state index contributed by atoms with van der Waals surface area (Å²) in [6.45, 7) is -0.160. The van der Waals surface area contributed by atoms with Crippen molar-refractivity contribution in [1.29, 1.82) is 0 Å². The first-order valence-corrected chi connectivity index (χ1v) is 9.00. The van der Waals surface area contributed by atoms with Crippen molar-refractivity contribution in [2.45, 2.75) is 0 Å². The average molecular weight is 369 g/mol. The molecule has 0 atom stereocenters. The van der Waals surface area contributed by atoms with Crippen LogP contribution in [0.25, 0.3) is 21.9 Å². The number of phenolic OH excluding ortho intramolecular Hbond substituents is 1. The van der Waals surface area contributed by atoms with Gasteiger partial charge in [0.25, 0.3) is 5.91 Å². The van der Waals surface area contributed by atoms with Gasteiger partial charge >= 0.3 is 0 Å². The highest BCUT2D eigenvalue weighted by molar-refractivity contribution is 6.05. The van der Waals surface area contributed by atoms with Gasteiger partial charge in [0.1, 0.15) is 11.5 Å². The van der Waals surface area contributed by atoms with E-state index in [9.17, 15) is 9.90 Å². The molecular weight excluding hydrogens is 350 g/mol. The first-order valence-electron chi connectivity index (χ1n) is 9.00. The van der Waals surface area contributed by atoms with Crippen LogP contribution in [0.4, 0.5) is 5.69 Å². The Morgan fingerprint density at radius 2 is 1.54 bits per heavy atom. The summed E-state index contributed by atoms with van der Waals surface area (Å²) < 4.78 is 5.78. The minimum Gasteiger partial charge on any atom is -0.506 e. The van der Waals surface area contributed by atoms with Gasteiger partial charge in [0.05, 0.1) is 5.69 Å². The molecule has 4 nitrogen and oxygen atoms in total. The van der Waals surface area contributed by atoms with E-state index < -0.39 is 0 Å². The number of aromatic hydroxyl groups is 1. The predicted molar refractivity (Wildman–Crippen MR) is 112 cm³/mol. The van der Waals surface area contributed by atoms with Gasteiger partial charge in [0.15, 0.2) is 6.61 Å². The SMILES string of the molecule is O=C(COc1ccccc1-c1ccccc1)Nc1c(O)ccc2ccccc12. The molecule has 0 saturated heterocycles. The number of benzene rings is 4. The molecule has 4 rings (SSSR count). The van der Waals surface area contributed by atoms with Crippen molar-refractivity contribution < 1.29 is 14.6 Å². The number of para-hydroxylation sites is 1. The van der Waals surface area contributed by atoms with Crippen LogP contribution in [0.3, 0.4) is 0 Å². The topological polar surface area (TPSA) is 58.6 Å². The maximum absolute atomic E-state index is 12.5. The lowest BCUT2D eigenvalue weighted by atomic mass is 10.1. The molecule has 138 valence electrons. The van der Waals surface area contributed by atoms with Crippen LogP contribution in [0.5, 0.6) is 11.5 Å². The minimum atomic E-state index is -0.338. The van der Waals surface area contributed by atoms with Crippen molar-refractivity contribution in [3.05, 3.63) is 91.0 Å². The van der Waals surface area contributed by atoms with Gasteiger partial charge in [0, 0.05) is 10.9 Å². The van der Waals surface area contributed by atoms with Crippen LogP contribution in [0.1, 0.15) is 0 Å². The Morgan fingerprint density at radius 3 is 2.39 bits per heavy atom. The Kier molecular flexibility index (Phi) is 4.93. The van der Waals surface area contributed by atoms with Crippen molar-refractivity contribution in [2.75, 3.05) is 11.9 Å². The number of phenols is 1. The van der Waals surface area contributed by atoms with Crippen molar-refractivity contribution in [3.8, 4) is 22.6 Å². The number of hydrogen-bond acceptors (Lipinski definition) is 3. The fourth-order valence-corrected chi connectivity index (χ4v) is 3.16. The fraction of sp³-hybridized carbons (Fsp3) is 0.0417. The molecule has 0 aliphatic rings. The van der Waals surface area contributed by atoms with E-state index in [-0.39, 0.29) is 18.3 Å². The predicted octanol–water partition coefficient (Wildman–Crippen LogP) is 5.23. The van der Waals surface area contributed by atoms with Crippen LogP contribution >= 0.6 is 0 Å². The lowest BCUT2D eigenvalue weighted by Crippen LogP contribution is -2.20. The average Bonchev–Trinajstić information content (AvgIpc) is 2.75. The summed E-state index contributed by atoms with van der Waals surface area (Å²) in [6, 6.07) is 28.4. The van der Waals surface area contributed by atoms with Gasteiger partial charge in [-0.2, -0.15) is 0 Å². The van der Waals surface area contributed by atoms with Crippen LogP contribution in [-0.4, -0.2) is 17.6 Å². The maximum Gasteiger partial charge on any atom is 0.262 e. The number of anilines is 1. The van der Waals surface area contributed by atoms with E-state index in [2.05, 4.69) is 5.32 Å². The summed E-state index contributed by atoms with van der Waals surface area (Å²) in [5.41, 5.74) is 2.33. The Morgan fingerprint density at radius 1 is 0.821 bits per heavy atom. The van der Waals surface area contributed by atoms with Crippen LogP contribution < -0.4 is 10.1 Å². The van der Waals surface area contributed by atoms with Gasteiger partial charge in [-0.1, -0.05) is 78.9 Å². The van der Waals surface area contributed by atoms with Crippen LogP contribution in [0, 0.1) is 0 Å². The molecule has 0 saturated carbocycles. The summed E-state index contributed by atoms with van der Waals surface area (Å²) in [5, 5.41) is 14.7. The number of carbonyl (C=O) groups excluding carboxylic acids is 1. The normalized spacial score (nSPS) is 10.6. The molecule has 0 heterocycles. The van der Waals surface area contributed by atoms with E-state index in [1.807, 2.05) is 84.9 Å². The number of carbonyl (C=O) groups is 1. The van der Waals surface area contributed by atoms with E-state index >= 15 is 0 Å². The minimum absolute atomic E-state index is 0.0248. The lowest BCUT2D eigenvalue weighted by molar-refractivity contribution is -0.118. The third-order valence-electron chi connectivity index (χ3n) is 4.50. The molecular formula is C24H19NO3. The molecule has 0 bridgehead atoms. The van der Waals surface area contributed by atoms with Gasteiger partial charge in [-0.3, -0.25) is 4.79 Å². The monoisotopic (exact) mass is 369 g/mol.